The molecule has 4 rings (SSSR count). The number of nitrogens with zero attached hydrogens (tertiary/aromatic N) is 4. The van der Waals surface area contributed by atoms with Gasteiger partial charge < -0.3 is 30.5 Å². The van der Waals surface area contributed by atoms with Gasteiger partial charge in [0, 0.05) is 7.05 Å². The average molecular weight is 551 g/mol. The molecule has 0 radical (unpaired) electrons. The van der Waals surface area contributed by atoms with Crippen molar-refractivity contribution < 1.29 is 37.7 Å². The molecule has 6 atom stereocenters. The van der Waals surface area contributed by atoms with Gasteiger partial charge in [-0.05, 0) is 25.1 Å². The Kier molecular flexibility index (Phi) is 7.67. The number of nitrogen functional groups attached to an aromatic ring is 1. The van der Waals surface area contributed by atoms with Gasteiger partial charge in [0.05, 0.1) is 12.9 Å². The number of aliphatic hydroxyl groups is 1. The third-order valence-electron chi connectivity index (χ3n) is 5.83. The number of carbonyl (C=O) groups is 1. The SMILES string of the molecule is C=C[C@@]1(F)[C@H](O)[C@@H](CO[P@@](=O)(NC(C)C(=O)O)Oc2ccccc2)O[C@H]1n1cnc2c(NC)nc(N)nc21. The molecule has 0 saturated carbocycles. The van der Waals surface area contributed by atoms with E-state index in [4.69, 9.17) is 19.5 Å². The van der Waals surface area contributed by atoms with Gasteiger partial charge in [-0.15, -0.1) is 0 Å². The van der Waals surface area contributed by atoms with Crippen LogP contribution in [0.25, 0.3) is 11.2 Å². The van der Waals surface area contributed by atoms with E-state index in [2.05, 4.69) is 31.9 Å². The Labute approximate surface area is 216 Å². The van der Waals surface area contributed by atoms with E-state index in [-0.39, 0.29) is 22.9 Å². The zero-order valence-electron chi connectivity index (χ0n) is 20.4. The van der Waals surface area contributed by atoms with E-state index in [1.54, 1.807) is 25.2 Å². The topological polar surface area (TPSA) is 196 Å². The molecule has 3 heterocycles. The number of carboxylic acid groups (broad SMARTS) is 1. The summed E-state index contributed by atoms with van der Waals surface area (Å²) in [5.41, 5.74) is 3.62. The van der Waals surface area contributed by atoms with Gasteiger partial charge in [-0.3, -0.25) is 13.9 Å². The number of aromatic nitrogens is 4. The van der Waals surface area contributed by atoms with E-state index >= 15 is 4.39 Å². The van der Waals surface area contributed by atoms with Gasteiger partial charge in [-0.2, -0.15) is 15.1 Å². The highest BCUT2D eigenvalue weighted by molar-refractivity contribution is 7.52. The molecule has 1 aromatic carbocycles. The predicted molar refractivity (Wildman–Crippen MR) is 134 cm³/mol. The van der Waals surface area contributed by atoms with Crippen LogP contribution in [0.4, 0.5) is 16.2 Å². The molecule has 0 spiro atoms. The summed E-state index contributed by atoms with van der Waals surface area (Å²) in [6.07, 6.45) is -2.63. The van der Waals surface area contributed by atoms with E-state index in [0.717, 1.165) is 6.08 Å². The van der Waals surface area contributed by atoms with Crippen LogP contribution in [0.1, 0.15) is 13.2 Å². The average Bonchev–Trinajstić information content (AvgIpc) is 3.41. The van der Waals surface area contributed by atoms with Crippen LogP contribution < -0.4 is 20.7 Å². The number of halogens is 1. The number of aliphatic carboxylic acids is 1. The molecule has 1 fully saturated rings. The lowest BCUT2D eigenvalue weighted by Crippen LogP contribution is -2.42. The fraction of sp³-hybridized carbons (Fsp3) is 0.364. The molecule has 3 aromatic rings. The second-order valence-electron chi connectivity index (χ2n) is 8.39. The smallest absolute Gasteiger partial charge is 0.459 e. The summed E-state index contributed by atoms with van der Waals surface area (Å²) in [6.45, 7) is 4.09. The second-order valence-corrected chi connectivity index (χ2v) is 10.1. The lowest BCUT2D eigenvalue weighted by molar-refractivity contribution is -0.138. The molecule has 204 valence electrons. The van der Waals surface area contributed by atoms with Crippen LogP contribution in [0.2, 0.25) is 0 Å². The number of nitrogens with one attached hydrogen (secondary N) is 2. The fourth-order valence-corrected chi connectivity index (χ4v) is 5.37. The maximum absolute atomic E-state index is 16.1. The summed E-state index contributed by atoms with van der Waals surface area (Å²) in [6, 6.07) is 6.57. The summed E-state index contributed by atoms with van der Waals surface area (Å²) in [5.74, 6) is -1.00. The highest BCUT2D eigenvalue weighted by atomic mass is 31.2. The predicted octanol–water partition coefficient (Wildman–Crippen LogP) is 1.87. The van der Waals surface area contributed by atoms with Crippen molar-refractivity contribution in [1.29, 1.82) is 0 Å². The van der Waals surface area contributed by atoms with Gasteiger partial charge in [0.2, 0.25) is 11.6 Å². The van der Waals surface area contributed by atoms with E-state index in [0.29, 0.717) is 5.82 Å². The molecule has 1 saturated heterocycles. The number of hydrogen-bond acceptors (Lipinski definition) is 11. The van der Waals surface area contributed by atoms with Crippen LogP contribution in [0.15, 0.2) is 49.3 Å². The third kappa shape index (κ3) is 5.19. The minimum Gasteiger partial charge on any atom is -0.480 e. The molecule has 6 N–H and O–H groups in total. The summed E-state index contributed by atoms with van der Waals surface area (Å²) < 4.78 is 47.5. The van der Waals surface area contributed by atoms with Gasteiger partial charge in [0.1, 0.15) is 24.0 Å². The van der Waals surface area contributed by atoms with Crippen molar-refractivity contribution in [3.05, 3.63) is 49.3 Å². The van der Waals surface area contributed by atoms with Crippen molar-refractivity contribution in [2.24, 2.45) is 0 Å². The minimum absolute atomic E-state index is 0.109. The van der Waals surface area contributed by atoms with Crippen LogP contribution in [-0.4, -0.2) is 73.3 Å². The van der Waals surface area contributed by atoms with Crippen molar-refractivity contribution in [1.82, 2.24) is 24.6 Å². The Balaban J connectivity index is 1.61. The van der Waals surface area contributed by atoms with Crippen molar-refractivity contribution in [2.75, 3.05) is 24.7 Å². The number of benzene rings is 1. The van der Waals surface area contributed by atoms with Crippen molar-refractivity contribution >= 4 is 36.6 Å². The number of hydrogen-bond donors (Lipinski definition) is 5. The first-order valence-corrected chi connectivity index (χ1v) is 12.9. The van der Waals surface area contributed by atoms with E-state index < -0.39 is 50.5 Å². The molecule has 1 unspecified atom stereocenters. The van der Waals surface area contributed by atoms with Crippen LogP contribution in [0.5, 0.6) is 5.75 Å². The van der Waals surface area contributed by atoms with Crippen LogP contribution in [0, 0.1) is 0 Å². The summed E-state index contributed by atoms with van der Waals surface area (Å²) in [7, 11) is -2.75. The summed E-state index contributed by atoms with van der Waals surface area (Å²) in [4.78, 5) is 23.7. The Morgan fingerprint density at radius 3 is 2.76 bits per heavy atom. The van der Waals surface area contributed by atoms with E-state index in [1.807, 2.05) is 0 Å². The Morgan fingerprint density at radius 1 is 1.42 bits per heavy atom. The highest BCUT2D eigenvalue weighted by Crippen LogP contribution is 2.48. The maximum atomic E-state index is 16.1. The molecule has 0 amide bonds. The minimum atomic E-state index is -4.35. The Morgan fingerprint density at radius 2 is 2.13 bits per heavy atom. The molecule has 0 bridgehead atoms. The molecule has 2 aromatic heterocycles. The number of nitrogens with two attached hydrogens (primary N) is 1. The first kappa shape index (κ1) is 27.4. The summed E-state index contributed by atoms with van der Waals surface area (Å²) in [5, 5.41) is 25.3. The number of fused-ring (bicyclic) bond motifs is 1. The molecule has 14 nitrogen and oxygen atoms in total. The van der Waals surface area contributed by atoms with Crippen LogP contribution in [0.3, 0.4) is 0 Å². The number of ether oxygens (including phenoxy) is 1. The second kappa shape index (κ2) is 10.6. The number of aliphatic hydroxyl groups excluding tert-OH is 1. The monoisotopic (exact) mass is 551 g/mol. The molecule has 16 heteroatoms. The zero-order chi connectivity index (χ0) is 27.7. The number of anilines is 2. The lowest BCUT2D eigenvalue weighted by Gasteiger charge is -2.25. The number of rotatable bonds is 11. The quantitative estimate of drug-likeness (QED) is 0.171. The van der Waals surface area contributed by atoms with E-state index in [1.165, 1.54) is 30.0 Å². The number of para-hydroxylation sites is 1. The molecule has 38 heavy (non-hydrogen) atoms. The molecular formula is C22H27FN7O7P. The van der Waals surface area contributed by atoms with Crippen LogP contribution in [-0.2, 0) is 18.6 Å². The number of carboxylic acids is 1. The van der Waals surface area contributed by atoms with Crippen molar-refractivity contribution in [2.45, 2.75) is 37.1 Å². The Bertz CT molecular complexity index is 1380. The maximum Gasteiger partial charge on any atom is 0.459 e. The summed E-state index contributed by atoms with van der Waals surface area (Å²) >= 11 is 0. The largest absolute Gasteiger partial charge is 0.480 e. The van der Waals surface area contributed by atoms with Gasteiger partial charge in [-0.25, -0.2) is 13.9 Å². The highest BCUT2D eigenvalue weighted by Gasteiger charge is 2.57. The van der Waals surface area contributed by atoms with E-state index in [9.17, 15) is 19.6 Å². The standard InChI is InChI=1S/C22H27FN7O7P/c1-4-22(23)16(31)14(36-20(22)30-11-26-15-17(25-3)27-21(24)28-18(15)30)10-35-38(34,29-12(2)19(32)33)37-13-8-6-5-7-9-13/h4-9,11-12,14,16,20,31H,1,10H2,2-3H3,(H,29,34)(H,32,33)(H3,24,25,27,28)/t12?,14-,16-,20-,22-,38+/m1/s1. The Hall–Kier alpha value is -3.62. The van der Waals surface area contributed by atoms with Crippen LogP contribution >= 0.6 is 7.75 Å². The van der Waals surface area contributed by atoms with Gasteiger partial charge in [-0.1, -0.05) is 24.8 Å². The molecular weight excluding hydrogens is 524 g/mol. The van der Waals surface area contributed by atoms with Gasteiger partial charge in [0.25, 0.3) is 0 Å². The lowest BCUT2D eigenvalue weighted by atomic mass is 9.96. The molecule has 1 aliphatic rings. The van der Waals surface area contributed by atoms with Crippen molar-refractivity contribution in [3.63, 3.8) is 0 Å². The number of imidazole rings is 1. The van der Waals surface area contributed by atoms with Gasteiger partial charge >= 0.3 is 13.7 Å². The zero-order valence-corrected chi connectivity index (χ0v) is 21.3. The first-order chi connectivity index (χ1) is 18.0. The third-order valence-corrected chi connectivity index (χ3v) is 7.47. The molecule has 0 aliphatic carbocycles. The number of alkyl halides is 1. The first-order valence-electron chi connectivity index (χ1n) is 11.3. The van der Waals surface area contributed by atoms with Crippen molar-refractivity contribution in [3.8, 4) is 5.75 Å². The molecule has 1 aliphatic heterocycles. The fourth-order valence-electron chi connectivity index (χ4n) is 3.86. The normalized spacial score (nSPS) is 25.5. The van der Waals surface area contributed by atoms with Gasteiger partial charge in [0.15, 0.2) is 23.2 Å².